The summed E-state index contributed by atoms with van der Waals surface area (Å²) in [6.07, 6.45) is -0.829. The molecule has 9 nitrogen and oxygen atoms in total. The van der Waals surface area contributed by atoms with Gasteiger partial charge in [0, 0.05) is 10.6 Å². The van der Waals surface area contributed by atoms with Gasteiger partial charge in [0.05, 0.1) is 22.1 Å². The number of amides is 3. The van der Waals surface area contributed by atoms with E-state index in [2.05, 4.69) is 26.3 Å². The van der Waals surface area contributed by atoms with Crippen LogP contribution in [-0.2, 0) is 9.59 Å². The van der Waals surface area contributed by atoms with Crippen LogP contribution < -0.4 is 27.0 Å². The molecule has 12 heteroatoms. The molecule has 3 amide bonds. The third-order valence-electron chi connectivity index (χ3n) is 4.57. The number of halogens is 1. The standard InChI is InChI=1S/C20H19ClN6O3S2/c21-11-7-5-10(6-8-11)17(29)25-15-16(22)26-19(27-18(15)30)31-9-14(28)24-20-23-12-3-1-2-4-13(12)32-20/h1-8,15-16,19,26H,9,22H2,(H,25,29)(H,27,30)(H,23,24,28). The highest BCUT2D eigenvalue weighted by Crippen LogP contribution is 2.25. The number of benzene rings is 2. The number of thioether (sulfide) groups is 1. The molecule has 166 valence electrons. The van der Waals surface area contributed by atoms with Crippen molar-refractivity contribution < 1.29 is 14.4 Å². The summed E-state index contributed by atoms with van der Waals surface area (Å²) in [6, 6.07) is 12.9. The Kier molecular flexibility index (Phi) is 6.92. The van der Waals surface area contributed by atoms with Gasteiger partial charge < -0.3 is 21.7 Å². The molecule has 2 aromatic carbocycles. The molecule has 6 N–H and O–H groups in total. The topological polar surface area (TPSA) is 138 Å². The highest BCUT2D eigenvalue weighted by atomic mass is 35.5. The second kappa shape index (κ2) is 9.84. The number of carbonyl (C=O) groups excluding carboxylic acids is 3. The van der Waals surface area contributed by atoms with Crippen molar-refractivity contribution in [3.63, 3.8) is 0 Å². The number of anilines is 1. The zero-order chi connectivity index (χ0) is 22.7. The van der Waals surface area contributed by atoms with Gasteiger partial charge in [-0.15, -0.1) is 11.8 Å². The Balaban J connectivity index is 1.27. The monoisotopic (exact) mass is 490 g/mol. The van der Waals surface area contributed by atoms with Crippen LogP contribution in [0.25, 0.3) is 10.2 Å². The molecule has 32 heavy (non-hydrogen) atoms. The molecule has 0 radical (unpaired) electrons. The molecule has 4 rings (SSSR count). The van der Waals surface area contributed by atoms with Crippen LogP contribution >= 0.6 is 34.7 Å². The fourth-order valence-corrected chi connectivity index (χ4v) is 4.86. The van der Waals surface area contributed by atoms with Crippen molar-refractivity contribution in [1.82, 2.24) is 20.9 Å². The van der Waals surface area contributed by atoms with Gasteiger partial charge in [0.1, 0.15) is 11.5 Å². The number of nitrogens with two attached hydrogens (primary N) is 1. The van der Waals surface area contributed by atoms with Crippen LogP contribution in [0, 0.1) is 0 Å². The van der Waals surface area contributed by atoms with Gasteiger partial charge in [-0.05, 0) is 36.4 Å². The number of fused-ring (bicyclic) bond motifs is 1. The van der Waals surface area contributed by atoms with Crippen molar-refractivity contribution in [1.29, 1.82) is 0 Å². The lowest BCUT2D eigenvalue weighted by atomic mass is 10.1. The summed E-state index contributed by atoms with van der Waals surface area (Å²) in [6.45, 7) is 0. The molecular weight excluding hydrogens is 472 g/mol. The number of carbonyl (C=O) groups is 3. The molecule has 1 fully saturated rings. The molecule has 0 bridgehead atoms. The first-order valence-corrected chi connectivity index (χ1v) is 11.8. The van der Waals surface area contributed by atoms with E-state index in [1.54, 1.807) is 24.3 Å². The van der Waals surface area contributed by atoms with E-state index in [4.69, 9.17) is 17.3 Å². The van der Waals surface area contributed by atoms with E-state index in [9.17, 15) is 14.4 Å². The Morgan fingerprint density at radius 3 is 2.66 bits per heavy atom. The minimum absolute atomic E-state index is 0.0718. The first kappa shape index (κ1) is 22.5. The Morgan fingerprint density at radius 2 is 1.94 bits per heavy atom. The van der Waals surface area contributed by atoms with Crippen molar-refractivity contribution in [3.05, 3.63) is 59.1 Å². The van der Waals surface area contributed by atoms with Crippen LogP contribution in [-0.4, -0.2) is 46.2 Å². The number of aromatic nitrogens is 1. The smallest absolute Gasteiger partial charge is 0.252 e. The maximum atomic E-state index is 12.5. The SMILES string of the molecule is NC1NC(SCC(=O)Nc2nc3ccccc3s2)NC(=O)C1NC(=O)c1ccc(Cl)cc1. The van der Waals surface area contributed by atoms with Crippen molar-refractivity contribution in [3.8, 4) is 0 Å². The van der Waals surface area contributed by atoms with E-state index in [1.165, 1.54) is 23.1 Å². The van der Waals surface area contributed by atoms with Crippen LogP contribution in [0.1, 0.15) is 10.4 Å². The molecule has 0 saturated carbocycles. The molecule has 3 unspecified atom stereocenters. The van der Waals surface area contributed by atoms with Gasteiger partial charge >= 0.3 is 0 Å². The van der Waals surface area contributed by atoms with E-state index in [0.29, 0.717) is 15.7 Å². The van der Waals surface area contributed by atoms with Crippen LogP contribution in [0.2, 0.25) is 5.02 Å². The predicted molar refractivity (Wildman–Crippen MR) is 126 cm³/mol. The zero-order valence-electron chi connectivity index (χ0n) is 16.5. The van der Waals surface area contributed by atoms with Gasteiger partial charge in [0.25, 0.3) is 5.91 Å². The molecule has 3 atom stereocenters. The van der Waals surface area contributed by atoms with Crippen molar-refractivity contribution in [2.24, 2.45) is 5.73 Å². The van der Waals surface area contributed by atoms with Gasteiger partial charge in [-0.3, -0.25) is 19.7 Å². The molecule has 2 heterocycles. The second-order valence-corrected chi connectivity index (χ2v) is 9.45. The molecule has 3 aromatic rings. The van der Waals surface area contributed by atoms with Crippen LogP contribution in [0.15, 0.2) is 48.5 Å². The van der Waals surface area contributed by atoms with E-state index < -0.39 is 29.5 Å². The van der Waals surface area contributed by atoms with Gasteiger partial charge in [0.15, 0.2) is 5.13 Å². The summed E-state index contributed by atoms with van der Waals surface area (Å²) >= 11 is 8.39. The predicted octanol–water partition coefficient (Wildman–Crippen LogP) is 1.71. The average molecular weight is 491 g/mol. The third kappa shape index (κ3) is 5.37. The maximum Gasteiger partial charge on any atom is 0.252 e. The van der Waals surface area contributed by atoms with Gasteiger partial charge in [-0.1, -0.05) is 35.1 Å². The largest absolute Gasteiger partial charge is 0.338 e. The number of thiazole rings is 1. The molecule has 0 spiro atoms. The Morgan fingerprint density at radius 1 is 1.19 bits per heavy atom. The first-order chi connectivity index (χ1) is 15.4. The van der Waals surface area contributed by atoms with E-state index in [0.717, 1.165) is 10.2 Å². The number of para-hydroxylation sites is 1. The van der Waals surface area contributed by atoms with Crippen molar-refractivity contribution >= 4 is 67.8 Å². The highest BCUT2D eigenvalue weighted by Gasteiger charge is 2.35. The lowest BCUT2D eigenvalue weighted by molar-refractivity contribution is -0.125. The number of hydrogen-bond acceptors (Lipinski definition) is 8. The zero-order valence-corrected chi connectivity index (χ0v) is 18.9. The van der Waals surface area contributed by atoms with Crippen LogP contribution in [0.3, 0.4) is 0 Å². The number of rotatable bonds is 6. The van der Waals surface area contributed by atoms with Crippen molar-refractivity contribution in [2.75, 3.05) is 11.1 Å². The summed E-state index contributed by atoms with van der Waals surface area (Å²) in [4.78, 5) is 41.5. The van der Waals surface area contributed by atoms with Crippen LogP contribution in [0.5, 0.6) is 0 Å². The minimum Gasteiger partial charge on any atom is -0.338 e. The Bertz CT molecular complexity index is 1120. The fraction of sp³-hybridized carbons (Fsp3) is 0.200. The Labute approximate surface area is 196 Å². The quantitative estimate of drug-likeness (QED) is 0.354. The summed E-state index contributed by atoms with van der Waals surface area (Å²) in [7, 11) is 0. The summed E-state index contributed by atoms with van der Waals surface area (Å²) in [5.41, 5.74) is 6.65. The molecule has 0 aliphatic carbocycles. The third-order valence-corrected chi connectivity index (χ3v) is 6.79. The second-order valence-electron chi connectivity index (χ2n) is 6.89. The molecule has 1 aliphatic rings. The normalized spacial score (nSPS) is 20.6. The number of nitrogens with zero attached hydrogens (tertiary/aromatic N) is 1. The summed E-state index contributed by atoms with van der Waals surface area (Å²) in [5.74, 6) is -1.07. The van der Waals surface area contributed by atoms with E-state index >= 15 is 0 Å². The van der Waals surface area contributed by atoms with Gasteiger partial charge in [0.2, 0.25) is 11.8 Å². The lowest BCUT2D eigenvalue weighted by Gasteiger charge is -2.35. The molecule has 1 aliphatic heterocycles. The molecule has 1 aromatic heterocycles. The number of nitrogens with one attached hydrogen (secondary N) is 4. The van der Waals surface area contributed by atoms with Crippen molar-refractivity contribution in [2.45, 2.75) is 17.7 Å². The first-order valence-electron chi connectivity index (χ1n) is 9.54. The van der Waals surface area contributed by atoms with Gasteiger partial charge in [-0.2, -0.15) is 0 Å². The van der Waals surface area contributed by atoms with E-state index in [-0.39, 0.29) is 11.7 Å². The van der Waals surface area contributed by atoms with E-state index in [1.807, 2.05) is 24.3 Å². The highest BCUT2D eigenvalue weighted by molar-refractivity contribution is 8.00. The molecular formula is C20H19ClN6O3S2. The van der Waals surface area contributed by atoms with Crippen LogP contribution in [0.4, 0.5) is 5.13 Å². The summed E-state index contributed by atoms with van der Waals surface area (Å²) < 4.78 is 0.981. The maximum absolute atomic E-state index is 12.5. The van der Waals surface area contributed by atoms with Gasteiger partial charge in [-0.25, -0.2) is 4.98 Å². The summed E-state index contributed by atoms with van der Waals surface area (Å²) in [5, 5.41) is 12.1. The number of hydrogen-bond donors (Lipinski definition) is 5. The fourth-order valence-electron chi connectivity index (χ4n) is 3.01. The minimum atomic E-state index is -0.966. The Hall–Kier alpha value is -2.70. The molecule has 1 saturated heterocycles. The average Bonchev–Trinajstić information content (AvgIpc) is 3.17. The lowest BCUT2D eigenvalue weighted by Crippen LogP contribution is -2.70.